The average Bonchev–Trinajstić information content (AvgIpc) is 2.44. The van der Waals surface area contributed by atoms with Gasteiger partial charge < -0.3 is 44.8 Å². The van der Waals surface area contributed by atoms with Crippen molar-refractivity contribution in [2.45, 2.75) is 75.3 Å². The van der Waals surface area contributed by atoms with Gasteiger partial charge in [0.15, 0.2) is 12.6 Å². The zero-order chi connectivity index (χ0) is 15.9. The smallest absolute Gasteiger partial charge is 0.187 e. The van der Waals surface area contributed by atoms with Crippen LogP contribution in [0.3, 0.4) is 0 Å². The fraction of sp³-hybridized carbons (Fsp3) is 1.00. The number of hydrogen-bond donors (Lipinski definition) is 6. The molecule has 0 radical (unpaired) electrons. The lowest BCUT2D eigenvalue weighted by Crippen LogP contribution is -2.62. The predicted octanol–water partition coefficient (Wildman–Crippen LogP) is -3.34. The first-order valence-corrected chi connectivity index (χ1v) is 6.78. The first-order valence-electron chi connectivity index (χ1n) is 6.78. The number of hydrogen-bond acceptors (Lipinski definition) is 9. The van der Waals surface area contributed by atoms with Crippen LogP contribution in [0.2, 0.25) is 0 Å². The van der Waals surface area contributed by atoms with Gasteiger partial charge >= 0.3 is 0 Å². The minimum atomic E-state index is -1.58. The average molecular weight is 310 g/mol. The molecule has 0 aromatic carbocycles. The van der Waals surface area contributed by atoms with Gasteiger partial charge in [-0.05, 0) is 13.8 Å². The van der Waals surface area contributed by atoms with E-state index in [2.05, 4.69) is 0 Å². The molecule has 2 aliphatic rings. The van der Waals surface area contributed by atoms with Crippen molar-refractivity contribution in [2.24, 2.45) is 0 Å². The number of rotatable bonds is 2. The van der Waals surface area contributed by atoms with Crippen LogP contribution in [0.4, 0.5) is 0 Å². The Morgan fingerprint density at radius 1 is 0.667 bits per heavy atom. The molecule has 0 spiro atoms. The van der Waals surface area contributed by atoms with Crippen molar-refractivity contribution >= 4 is 0 Å². The summed E-state index contributed by atoms with van der Waals surface area (Å²) in [5, 5.41) is 58.5. The van der Waals surface area contributed by atoms with Crippen molar-refractivity contribution in [3.63, 3.8) is 0 Å². The van der Waals surface area contributed by atoms with E-state index in [-0.39, 0.29) is 0 Å². The van der Waals surface area contributed by atoms with Crippen LogP contribution in [-0.4, -0.2) is 92.1 Å². The summed E-state index contributed by atoms with van der Waals surface area (Å²) in [6, 6.07) is 0. The minimum Gasteiger partial charge on any atom is -0.388 e. The molecule has 0 aliphatic carbocycles. The lowest BCUT2D eigenvalue weighted by Gasteiger charge is -2.44. The second-order valence-electron chi connectivity index (χ2n) is 5.50. The van der Waals surface area contributed by atoms with E-state index in [0.29, 0.717) is 0 Å². The highest BCUT2D eigenvalue weighted by Crippen LogP contribution is 2.28. The van der Waals surface area contributed by atoms with E-state index in [1.165, 1.54) is 13.8 Å². The Labute approximate surface area is 121 Å². The van der Waals surface area contributed by atoms with Gasteiger partial charge in [0.05, 0.1) is 12.2 Å². The van der Waals surface area contributed by atoms with Gasteiger partial charge in [-0.1, -0.05) is 0 Å². The predicted molar refractivity (Wildman–Crippen MR) is 65.8 cm³/mol. The van der Waals surface area contributed by atoms with E-state index in [4.69, 9.17) is 14.2 Å². The fourth-order valence-electron chi connectivity index (χ4n) is 2.45. The third kappa shape index (κ3) is 3.21. The van der Waals surface area contributed by atoms with Gasteiger partial charge in [-0.2, -0.15) is 0 Å². The van der Waals surface area contributed by atoms with Crippen molar-refractivity contribution in [3.05, 3.63) is 0 Å². The van der Waals surface area contributed by atoms with Crippen molar-refractivity contribution in [1.82, 2.24) is 0 Å². The summed E-state index contributed by atoms with van der Waals surface area (Å²) in [4.78, 5) is 0. The molecule has 2 rings (SSSR count). The van der Waals surface area contributed by atoms with Crippen LogP contribution in [0.5, 0.6) is 0 Å². The maximum Gasteiger partial charge on any atom is 0.187 e. The molecule has 2 saturated heterocycles. The molecule has 9 nitrogen and oxygen atoms in total. The van der Waals surface area contributed by atoms with Gasteiger partial charge in [0.2, 0.25) is 0 Å². The van der Waals surface area contributed by atoms with Crippen LogP contribution >= 0.6 is 0 Å². The van der Waals surface area contributed by atoms with Crippen LogP contribution in [0.1, 0.15) is 13.8 Å². The lowest BCUT2D eigenvalue weighted by atomic mass is 9.98. The maximum atomic E-state index is 9.91. The molecule has 0 aromatic rings. The Morgan fingerprint density at radius 3 is 1.81 bits per heavy atom. The van der Waals surface area contributed by atoms with Gasteiger partial charge in [-0.3, -0.25) is 0 Å². The summed E-state index contributed by atoms with van der Waals surface area (Å²) in [6.45, 7) is 2.94. The van der Waals surface area contributed by atoms with Gasteiger partial charge in [0, 0.05) is 0 Å². The topological polar surface area (TPSA) is 149 Å². The second kappa shape index (κ2) is 6.41. The highest BCUT2D eigenvalue weighted by atomic mass is 16.7. The van der Waals surface area contributed by atoms with E-state index in [1.54, 1.807) is 0 Å². The van der Waals surface area contributed by atoms with Crippen molar-refractivity contribution in [1.29, 1.82) is 0 Å². The molecule has 2 aliphatic heterocycles. The van der Waals surface area contributed by atoms with E-state index in [9.17, 15) is 30.6 Å². The number of aliphatic hydroxyl groups is 6. The SMILES string of the molecule is C[C@@H]1O[C@@H](O[C@H]2C(O)O[C@@H](C)[C@@H](O)[C@H]2O)[C@H](O)[C@H](O)[C@H]1O. The molecule has 0 amide bonds. The molecule has 0 saturated carbocycles. The molecule has 6 N–H and O–H groups in total. The molecule has 10 atom stereocenters. The van der Waals surface area contributed by atoms with Crippen molar-refractivity contribution in [3.8, 4) is 0 Å². The highest BCUT2D eigenvalue weighted by molar-refractivity contribution is 4.91. The maximum absolute atomic E-state index is 9.91. The third-order valence-electron chi connectivity index (χ3n) is 3.90. The Morgan fingerprint density at radius 2 is 1.19 bits per heavy atom. The van der Waals surface area contributed by atoms with Gasteiger partial charge in [0.1, 0.15) is 36.6 Å². The van der Waals surface area contributed by atoms with Crippen LogP contribution in [-0.2, 0) is 14.2 Å². The summed E-state index contributed by atoms with van der Waals surface area (Å²) >= 11 is 0. The highest BCUT2D eigenvalue weighted by Gasteiger charge is 2.48. The molecule has 2 heterocycles. The quantitative estimate of drug-likeness (QED) is 0.308. The molecule has 124 valence electrons. The number of aliphatic hydroxyl groups excluding tert-OH is 6. The van der Waals surface area contributed by atoms with Crippen molar-refractivity contribution in [2.75, 3.05) is 0 Å². The van der Waals surface area contributed by atoms with Crippen LogP contribution in [0, 0.1) is 0 Å². The molecular formula is C12H22O9. The van der Waals surface area contributed by atoms with E-state index in [0.717, 1.165) is 0 Å². The fourth-order valence-corrected chi connectivity index (χ4v) is 2.45. The van der Waals surface area contributed by atoms with Crippen molar-refractivity contribution < 1.29 is 44.8 Å². The van der Waals surface area contributed by atoms with Gasteiger partial charge in [-0.15, -0.1) is 0 Å². The van der Waals surface area contributed by atoms with E-state index in [1.807, 2.05) is 0 Å². The van der Waals surface area contributed by atoms with Crippen LogP contribution < -0.4 is 0 Å². The summed E-state index contributed by atoms with van der Waals surface area (Å²) in [6.07, 6.45) is -13.0. The second-order valence-corrected chi connectivity index (χ2v) is 5.50. The number of ether oxygens (including phenoxy) is 3. The largest absolute Gasteiger partial charge is 0.388 e. The molecular weight excluding hydrogens is 288 g/mol. The Bertz CT molecular complexity index is 354. The zero-order valence-electron chi connectivity index (χ0n) is 11.7. The monoisotopic (exact) mass is 310 g/mol. The van der Waals surface area contributed by atoms with Crippen LogP contribution in [0.15, 0.2) is 0 Å². The Balaban J connectivity index is 2.06. The first-order chi connectivity index (χ1) is 9.73. The Hall–Kier alpha value is -0.360. The first kappa shape index (κ1) is 17.0. The lowest BCUT2D eigenvalue weighted by molar-refractivity contribution is -0.356. The minimum absolute atomic E-state index is 0.793. The Kier molecular flexibility index (Phi) is 5.19. The molecule has 0 bridgehead atoms. The zero-order valence-corrected chi connectivity index (χ0v) is 11.7. The third-order valence-corrected chi connectivity index (χ3v) is 3.90. The normalized spacial score (nSPS) is 55.4. The molecule has 1 unspecified atom stereocenters. The van der Waals surface area contributed by atoms with E-state index >= 15 is 0 Å². The standard InChI is InChI=1S/C12H22O9/c1-3-6(14)8(16)10(11(18)19-3)21-12-9(17)7(15)5(13)4(2)20-12/h3-18H,1-2H3/t3-,4-,5-,6+,7+,8+,9+,10+,11?,12-/m0/s1. The van der Waals surface area contributed by atoms with Gasteiger partial charge in [0.25, 0.3) is 0 Å². The molecule has 21 heavy (non-hydrogen) atoms. The van der Waals surface area contributed by atoms with Crippen LogP contribution in [0.25, 0.3) is 0 Å². The summed E-state index contributed by atoms with van der Waals surface area (Å²) < 4.78 is 15.5. The molecule has 2 fully saturated rings. The summed E-state index contributed by atoms with van der Waals surface area (Å²) in [5.74, 6) is 0. The summed E-state index contributed by atoms with van der Waals surface area (Å²) in [7, 11) is 0. The summed E-state index contributed by atoms with van der Waals surface area (Å²) in [5.41, 5.74) is 0. The van der Waals surface area contributed by atoms with Gasteiger partial charge in [-0.25, -0.2) is 0 Å². The molecule has 9 heteroatoms. The van der Waals surface area contributed by atoms with E-state index < -0.39 is 61.4 Å². The molecule has 0 aromatic heterocycles.